The van der Waals surface area contributed by atoms with Crippen LogP contribution in [0.5, 0.6) is 5.75 Å². The predicted molar refractivity (Wildman–Crippen MR) is 74.6 cm³/mol. The third-order valence-corrected chi connectivity index (χ3v) is 5.01. The molecule has 1 aliphatic rings. The highest BCUT2D eigenvalue weighted by molar-refractivity contribution is 8.00. The molecule has 5 heteroatoms. The van der Waals surface area contributed by atoms with E-state index in [1.54, 1.807) is 24.4 Å². The van der Waals surface area contributed by atoms with Crippen LogP contribution in [0.4, 0.5) is 0 Å². The molecule has 19 heavy (non-hydrogen) atoms. The number of carbonyl (C=O) groups is 1. The number of hydrogen-bond donors (Lipinski definition) is 2. The Kier molecular flexibility index (Phi) is 4.71. The van der Waals surface area contributed by atoms with Gasteiger partial charge in [-0.3, -0.25) is 10.0 Å². The highest BCUT2D eigenvalue weighted by Crippen LogP contribution is 2.47. The molecule has 1 fully saturated rings. The van der Waals surface area contributed by atoms with Gasteiger partial charge in [0.1, 0.15) is 5.75 Å². The normalized spacial score (nSPS) is 17.2. The Morgan fingerprint density at radius 1 is 1.37 bits per heavy atom. The Morgan fingerprint density at radius 2 is 2.00 bits per heavy atom. The number of nitrogens with one attached hydrogen (secondary N) is 1. The summed E-state index contributed by atoms with van der Waals surface area (Å²) in [5.41, 5.74) is 1.75. The van der Waals surface area contributed by atoms with Crippen LogP contribution < -0.4 is 10.2 Å². The molecule has 0 bridgehead atoms. The molecule has 104 valence electrons. The molecule has 1 aromatic rings. The molecule has 1 saturated carbocycles. The average Bonchev–Trinajstić information content (AvgIpc) is 2.87. The molecule has 0 spiro atoms. The number of amides is 1. The number of carbonyl (C=O) groups excluding carboxylic acids is 1. The van der Waals surface area contributed by atoms with Gasteiger partial charge in [0.15, 0.2) is 0 Å². The highest BCUT2D eigenvalue weighted by atomic mass is 32.2. The van der Waals surface area contributed by atoms with Crippen LogP contribution in [0.2, 0.25) is 0 Å². The molecule has 2 rings (SSSR count). The number of thioether (sulfide) groups is 1. The van der Waals surface area contributed by atoms with E-state index < -0.39 is 0 Å². The summed E-state index contributed by atoms with van der Waals surface area (Å²) in [6.07, 6.45) is 4.66. The largest absolute Gasteiger partial charge is 0.497 e. The van der Waals surface area contributed by atoms with Crippen molar-refractivity contribution in [3.63, 3.8) is 0 Å². The van der Waals surface area contributed by atoms with Gasteiger partial charge in [-0.15, -0.1) is 11.8 Å². The lowest BCUT2D eigenvalue weighted by atomic mass is 10.0. The van der Waals surface area contributed by atoms with Crippen molar-refractivity contribution in [2.75, 3.05) is 7.11 Å². The van der Waals surface area contributed by atoms with Gasteiger partial charge >= 0.3 is 0 Å². The van der Waals surface area contributed by atoms with Crippen LogP contribution >= 0.6 is 11.8 Å². The summed E-state index contributed by atoms with van der Waals surface area (Å²) in [7, 11) is 1.65. The van der Waals surface area contributed by atoms with E-state index in [4.69, 9.17) is 9.94 Å². The van der Waals surface area contributed by atoms with Crippen molar-refractivity contribution in [3.8, 4) is 5.75 Å². The van der Waals surface area contributed by atoms with Gasteiger partial charge in [0, 0.05) is 16.1 Å². The third kappa shape index (κ3) is 3.64. The number of ether oxygens (including phenoxy) is 1. The zero-order chi connectivity index (χ0) is 13.7. The van der Waals surface area contributed by atoms with Crippen molar-refractivity contribution in [3.05, 3.63) is 24.3 Å². The Morgan fingerprint density at radius 3 is 2.53 bits per heavy atom. The van der Waals surface area contributed by atoms with Crippen molar-refractivity contribution < 1.29 is 14.7 Å². The van der Waals surface area contributed by atoms with E-state index in [-0.39, 0.29) is 10.7 Å². The minimum absolute atomic E-state index is 0.0819. The number of hydroxylamine groups is 1. The molecular weight excluding hydrogens is 262 g/mol. The molecule has 0 heterocycles. The van der Waals surface area contributed by atoms with Crippen molar-refractivity contribution in [2.24, 2.45) is 0 Å². The fourth-order valence-corrected chi connectivity index (χ4v) is 4.03. The summed E-state index contributed by atoms with van der Waals surface area (Å²) in [6.45, 7) is 0. The van der Waals surface area contributed by atoms with Crippen LogP contribution in [0.3, 0.4) is 0 Å². The maximum Gasteiger partial charge on any atom is 0.244 e. The fourth-order valence-electron chi connectivity index (χ4n) is 2.56. The van der Waals surface area contributed by atoms with Crippen LogP contribution in [-0.2, 0) is 4.79 Å². The average molecular weight is 281 g/mol. The van der Waals surface area contributed by atoms with Gasteiger partial charge in [0.05, 0.1) is 7.11 Å². The SMILES string of the molecule is COc1ccc(SC2(CC(=O)NO)CCCC2)cc1. The molecular formula is C14H19NO3S. The molecule has 1 aliphatic carbocycles. The monoisotopic (exact) mass is 281 g/mol. The van der Waals surface area contributed by atoms with E-state index in [1.807, 2.05) is 24.3 Å². The number of benzene rings is 1. The van der Waals surface area contributed by atoms with Crippen molar-refractivity contribution in [1.29, 1.82) is 0 Å². The first-order chi connectivity index (χ1) is 9.17. The van der Waals surface area contributed by atoms with Gasteiger partial charge in [-0.25, -0.2) is 5.48 Å². The molecule has 4 nitrogen and oxygen atoms in total. The molecule has 0 saturated heterocycles. The quantitative estimate of drug-likeness (QED) is 0.643. The fraction of sp³-hybridized carbons (Fsp3) is 0.500. The first-order valence-corrected chi connectivity index (χ1v) is 7.25. The summed E-state index contributed by atoms with van der Waals surface area (Å²) in [6, 6.07) is 7.88. The molecule has 0 radical (unpaired) electrons. The molecule has 0 atom stereocenters. The van der Waals surface area contributed by atoms with E-state index in [2.05, 4.69) is 0 Å². The molecule has 1 aromatic carbocycles. The molecule has 0 aromatic heterocycles. The van der Waals surface area contributed by atoms with E-state index in [0.29, 0.717) is 6.42 Å². The van der Waals surface area contributed by atoms with Gasteiger partial charge in [-0.1, -0.05) is 12.8 Å². The van der Waals surface area contributed by atoms with Crippen molar-refractivity contribution >= 4 is 17.7 Å². The zero-order valence-corrected chi connectivity index (χ0v) is 11.8. The zero-order valence-electron chi connectivity index (χ0n) is 11.0. The highest BCUT2D eigenvalue weighted by Gasteiger charge is 2.37. The van der Waals surface area contributed by atoms with E-state index >= 15 is 0 Å². The van der Waals surface area contributed by atoms with Crippen LogP contribution in [0.25, 0.3) is 0 Å². The summed E-state index contributed by atoms with van der Waals surface area (Å²) in [5.74, 6) is 0.529. The van der Waals surface area contributed by atoms with E-state index in [9.17, 15) is 4.79 Å². The smallest absolute Gasteiger partial charge is 0.244 e. The maximum atomic E-state index is 11.5. The number of hydrogen-bond acceptors (Lipinski definition) is 4. The molecule has 1 amide bonds. The predicted octanol–water partition coefficient (Wildman–Crippen LogP) is 3.00. The van der Waals surface area contributed by atoms with Crippen LogP contribution in [0.1, 0.15) is 32.1 Å². The Labute approximate surface area is 117 Å². The second kappa shape index (κ2) is 6.30. The van der Waals surface area contributed by atoms with E-state index in [0.717, 1.165) is 36.3 Å². The Bertz CT molecular complexity index is 427. The van der Waals surface area contributed by atoms with Crippen LogP contribution in [0, 0.1) is 0 Å². The second-order valence-corrected chi connectivity index (χ2v) is 6.42. The van der Waals surface area contributed by atoms with Gasteiger partial charge in [-0.2, -0.15) is 0 Å². The maximum absolute atomic E-state index is 11.5. The summed E-state index contributed by atoms with van der Waals surface area (Å²) in [4.78, 5) is 12.6. The van der Waals surface area contributed by atoms with Gasteiger partial charge in [0.2, 0.25) is 5.91 Å². The number of rotatable bonds is 5. The van der Waals surface area contributed by atoms with Crippen LogP contribution in [-0.4, -0.2) is 23.0 Å². The molecule has 2 N–H and O–H groups in total. The summed E-state index contributed by atoms with van der Waals surface area (Å²) in [5, 5.41) is 8.72. The third-order valence-electron chi connectivity index (χ3n) is 3.52. The lowest BCUT2D eigenvalue weighted by Crippen LogP contribution is -2.30. The van der Waals surface area contributed by atoms with Gasteiger partial charge in [-0.05, 0) is 37.1 Å². The molecule has 0 unspecified atom stereocenters. The Hall–Kier alpha value is -1.20. The second-order valence-electron chi connectivity index (χ2n) is 4.88. The van der Waals surface area contributed by atoms with Gasteiger partial charge < -0.3 is 4.74 Å². The Balaban J connectivity index is 2.09. The van der Waals surface area contributed by atoms with Crippen molar-refractivity contribution in [1.82, 2.24) is 5.48 Å². The summed E-state index contributed by atoms with van der Waals surface area (Å²) < 4.78 is 5.06. The first kappa shape index (κ1) is 14.2. The topological polar surface area (TPSA) is 58.6 Å². The minimum Gasteiger partial charge on any atom is -0.497 e. The van der Waals surface area contributed by atoms with Gasteiger partial charge in [0.25, 0.3) is 0 Å². The number of methoxy groups -OCH3 is 1. The van der Waals surface area contributed by atoms with E-state index in [1.165, 1.54) is 0 Å². The van der Waals surface area contributed by atoms with Crippen molar-refractivity contribution in [2.45, 2.75) is 41.7 Å². The lowest BCUT2D eigenvalue weighted by Gasteiger charge is -2.27. The lowest BCUT2D eigenvalue weighted by molar-refractivity contribution is -0.129. The standard InChI is InChI=1S/C14H19NO3S/c1-18-11-4-6-12(7-5-11)19-14(8-2-3-9-14)10-13(16)15-17/h4-7,17H,2-3,8-10H2,1H3,(H,15,16). The van der Waals surface area contributed by atoms with Crippen LogP contribution in [0.15, 0.2) is 29.2 Å². The molecule has 0 aliphatic heterocycles. The minimum atomic E-state index is -0.303. The summed E-state index contributed by atoms with van der Waals surface area (Å²) >= 11 is 1.73. The first-order valence-electron chi connectivity index (χ1n) is 6.43.